The summed E-state index contributed by atoms with van der Waals surface area (Å²) in [6, 6.07) is 3.01. The quantitative estimate of drug-likeness (QED) is 0.619. The summed E-state index contributed by atoms with van der Waals surface area (Å²) in [4.78, 5) is 10.9. The Morgan fingerprint density at radius 3 is 2.44 bits per heavy atom. The van der Waals surface area contributed by atoms with Crippen molar-refractivity contribution in [2.24, 2.45) is 0 Å². The summed E-state index contributed by atoms with van der Waals surface area (Å²) in [5.74, 6) is -0.419. The van der Waals surface area contributed by atoms with Gasteiger partial charge in [-0.1, -0.05) is 0 Å². The van der Waals surface area contributed by atoms with Crippen molar-refractivity contribution in [3.05, 3.63) is 35.4 Å². The van der Waals surface area contributed by atoms with Crippen molar-refractivity contribution in [1.29, 1.82) is 0 Å². The van der Waals surface area contributed by atoms with Crippen molar-refractivity contribution in [2.75, 3.05) is 14.2 Å². The molecular formula is C12H11F3O3. The average Bonchev–Trinajstić information content (AvgIpc) is 2.34. The Hall–Kier alpha value is -1.98. The number of ether oxygens (including phenoxy) is 2. The number of hydrogen-bond donors (Lipinski definition) is 0. The normalized spacial score (nSPS) is 11.6. The van der Waals surface area contributed by atoms with Crippen molar-refractivity contribution in [1.82, 2.24) is 0 Å². The smallest absolute Gasteiger partial charge is 0.416 e. The Bertz CT molecular complexity index is 464. The Morgan fingerprint density at radius 1 is 1.28 bits per heavy atom. The second-order valence-corrected chi connectivity index (χ2v) is 3.31. The third-order valence-electron chi connectivity index (χ3n) is 2.16. The molecule has 0 heterocycles. The molecule has 98 valence electrons. The van der Waals surface area contributed by atoms with E-state index in [1.807, 2.05) is 0 Å². The molecule has 0 aliphatic rings. The first-order valence-electron chi connectivity index (χ1n) is 4.89. The zero-order chi connectivity index (χ0) is 13.8. The molecule has 0 saturated heterocycles. The lowest BCUT2D eigenvalue weighted by Crippen LogP contribution is -2.05. The molecule has 3 nitrogen and oxygen atoms in total. The zero-order valence-electron chi connectivity index (χ0n) is 9.75. The van der Waals surface area contributed by atoms with Gasteiger partial charge in [-0.3, -0.25) is 0 Å². The summed E-state index contributed by atoms with van der Waals surface area (Å²) < 4.78 is 46.8. The van der Waals surface area contributed by atoms with Crippen LogP contribution in [0.4, 0.5) is 13.2 Å². The van der Waals surface area contributed by atoms with Gasteiger partial charge in [0.1, 0.15) is 5.75 Å². The highest BCUT2D eigenvalue weighted by Crippen LogP contribution is 2.32. The largest absolute Gasteiger partial charge is 0.496 e. The maximum Gasteiger partial charge on any atom is 0.416 e. The third kappa shape index (κ3) is 3.51. The highest BCUT2D eigenvalue weighted by molar-refractivity contribution is 5.87. The van der Waals surface area contributed by atoms with Crippen molar-refractivity contribution in [3.63, 3.8) is 0 Å². The van der Waals surface area contributed by atoms with E-state index in [-0.39, 0.29) is 11.3 Å². The van der Waals surface area contributed by atoms with Crippen molar-refractivity contribution >= 4 is 12.0 Å². The summed E-state index contributed by atoms with van der Waals surface area (Å²) in [5.41, 5.74) is -0.662. The third-order valence-corrected chi connectivity index (χ3v) is 2.16. The van der Waals surface area contributed by atoms with Crippen molar-refractivity contribution < 1.29 is 27.4 Å². The van der Waals surface area contributed by atoms with Crippen LogP contribution in [0, 0.1) is 0 Å². The first-order valence-corrected chi connectivity index (χ1v) is 4.89. The lowest BCUT2D eigenvalue weighted by atomic mass is 10.1. The summed E-state index contributed by atoms with van der Waals surface area (Å²) in [6.07, 6.45) is -2.21. The SMILES string of the molecule is COC(=O)C=Cc1cc(C(F)(F)F)ccc1OC. The number of esters is 1. The number of carbonyl (C=O) groups is 1. The van der Waals surface area contributed by atoms with Crippen LogP contribution in [0.15, 0.2) is 24.3 Å². The van der Waals surface area contributed by atoms with Crippen LogP contribution in [0.1, 0.15) is 11.1 Å². The Kier molecular flexibility index (Phi) is 4.36. The van der Waals surface area contributed by atoms with E-state index in [1.54, 1.807) is 0 Å². The molecule has 0 bridgehead atoms. The Morgan fingerprint density at radius 2 is 1.94 bits per heavy atom. The molecule has 1 aromatic carbocycles. The second kappa shape index (κ2) is 5.57. The van der Waals surface area contributed by atoms with Gasteiger partial charge in [-0.25, -0.2) is 4.79 Å². The van der Waals surface area contributed by atoms with Gasteiger partial charge in [-0.15, -0.1) is 0 Å². The van der Waals surface area contributed by atoms with E-state index in [4.69, 9.17) is 4.74 Å². The predicted octanol–water partition coefficient (Wildman–Crippen LogP) is 2.90. The minimum Gasteiger partial charge on any atom is -0.496 e. The molecule has 0 radical (unpaired) electrons. The van der Waals surface area contributed by atoms with Crippen LogP contribution in [-0.4, -0.2) is 20.2 Å². The van der Waals surface area contributed by atoms with E-state index in [1.165, 1.54) is 26.4 Å². The monoisotopic (exact) mass is 260 g/mol. The van der Waals surface area contributed by atoms with Crippen LogP contribution < -0.4 is 4.74 Å². The second-order valence-electron chi connectivity index (χ2n) is 3.31. The van der Waals surface area contributed by atoms with Crippen molar-refractivity contribution in [2.45, 2.75) is 6.18 Å². The van der Waals surface area contributed by atoms with Gasteiger partial charge in [-0.2, -0.15) is 13.2 Å². The van der Waals surface area contributed by atoms with E-state index >= 15 is 0 Å². The maximum absolute atomic E-state index is 12.5. The van der Waals surface area contributed by atoms with Crippen LogP contribution in [0.2, 0.25) is 0 Å². The fraction of sp³-hybridized carbons (Fsp3) is 0.250. The van der Waals surface area contributed by atoms with Gasteiger partial charge in [0.15, 0.2) is 0 Å². The van der Waals surface area contributed by atoms with Crippen LogP contribution >= 0.6 is 0 Å². The summed E-state index contributed by atoms with van der Waals surface area (Å²) >= 11 is 0. The Balaban J connectivity index is 3.14. The molecule has 1 aromatic rings. The average molecular weight is 260 g/mol. The van der Waals surface area contributed by atoms with Crippen LogP contribution in [0.25, 0.3) is 6.08 Å². The molecule has 0 spiro atoms. The lowest BCUT2D eigenvalue weighted by molar-refractivity contribution is -0.137. The fourth-order valence-electron chi connectivity index (χ4n) is 1.27. The van der Waals surface area contributed by atoms with Gasteiger partial charge in [0.2, 0.25) is 0 Å². The number of halogens is 3. The van der Waals surface area contributed by atoms with Crippen LogP contribution in [-0.2, 0) is 15.7 Å². The number of hydrogen-bond acceptors (Lipinski definition) is 3. The van der Waals surface area contributed by atoms with Gasteiger partial charge in [0, 0.05) is 11.6 Å². The first-order chi connectivity index (χ1) is 8.38. The lowest BCUT2D eigenvalue weighted by Gasteiger charge is -2.10. The minimum atomic E-state index is -4.44. The molecule has 0 amide bonds. The number of alkyl halides is 3. The summed E-state index contributed by atoms with van der Waals surface area (Å²) in [5, 5.41) is 0. The summed E-state index contributed by atoms with van der Waals surface area (Å²) in [6.45, 7) is 0. The molecule has 0 aliphatic heterocycles. The molecule has 0 unspecified atom stereocenters. The van der Waals surface area contributed by atoms with Gasteiger partial charge < -0.3 is 9.47 Å². The van der Waals surface area contributed by atoms with Crippen LogP contribution in [0.5, 0.6) is 5.75 Å². The number of benzene rings is 1. The van der Waals surface area contributed by atoms with Gasteiger partial charge in [0.25, 0.3) is 0 Å². The molecule has 0 aliphatic carbocycles. The predicted molar refractivity (Wildman–Crippen MR) is 59.0 cm³/mol. The van der Waals surface area contributed by atoms with E-state index in [0.29, 0.717) is 0 Å². The topological polar surface area (TPSA) is 35.5 Å². The van der Waals surface area contributed by atoms with E-state index in [2.05, 4.69) is 4.74 Å². The standard InChI is InChI=1S/C12H11F3O3/c1-17-10-5-4-9(12(13,14)15)7-8(10)3-6-11(16)18-2/h3-7H,1-2H3. The molecule has 0 aromatic heterocycles. The number of rotatable bonds is 3. The molecule has 0 fully saturated rings. The molecule has 0 saturated carbocycles. The highest BCUT2D eigenvalue weighted by Gasteiger charge is 2.30. The van der Waals surface area contributed by atoms with E-state index in [0.717, 1.165) is 18.2 Å². The zero-order valence-corrected chi connectivity index (χ0v) is 9.75. The Labute approximate surface area is 102 Å². The van der Waals surface area contributed by atoms with Crippen LogP contribution in [0.3, 0.4) is 0 Å². The molecule has 0 N–H and O–H groups in total. The van der Waals surface area contributed by atoms with Gasteiger partial charge >= 0.3 is 12.1 Å². The molecule has 0 atom stereocenters. The first kappa shape index (κ1) is 14.1. The number of carbonyl (C=O) groups excluding carboxylic acids is 1. The molecular weight excluding hydrogens is 249 g/mol. The maximum atomic E-state index is 12.5. The van der Waals surface area contributed by atoms with E-state index < -0.39 is 17.7 Å². The molecule has 6 heteroatoms. The summed E-state index contributed by atoms with van der Waals surface area (Å²) in [7, 11) is 2.51. The van der Waals surface area contributed by atoms with Gasteiger partial charge in [0.05, 0.1) is 19.8 Å². The van der Waals surface area contributed by atoms with E-state index in [9.17, 15) is 18.0 Å². The fourth-order valence-corrected chi connectivity index (χ4v) is 1.27. The van der Waals surface area contributed by atoms with Gasteiger partial charge in [-0.05, 0) is 24.3 Å². The van der Waals surface area contributed by atoms with Crippen molar-refractivity contribution in [3.8, 4) is 5.75 Å². The highest BCUT2D eigenvalue weighted by atomic mass is 19.4. The number of methoxy groups -OCH3 is 2. The molecule has 18 heavy (non-hydrogen) atoms. The molecule has 1 rings (SSSR count). The minimum absolute atomic E-state index is 0.151.